The molecule has 1 saturated heterocycles. The molecule has 1 fully saturated rings. The monoisotopic (exact) mass is 314 g/mol. The number of rotatable bonds is 2. The van der Waals surface area contributed by atoms with Crippen LogP contribution in [0.5, 0.6) is 0 Å². The molecule has 1 aliphatic heterocycles. The Morgan fingerprint density at radius 2 is 0.750 bits per heavy atom. The fraction of sp³-hybridized carbons (Fsp3) is 1.00. The smallest absolute Gasteiger partial charge is 0.127 e. The van der Waals surface area contributed by atoms with Gasteiger partial charge < -0.3 is 9.13 Å². The van der Waals surface area contributed by atoms with Gasteiger partial charge in [0.15, 0.2) is 0 Å². The molecule has 0 amide bonds. The maximum Gasteiger partial charge on any atom is 0.127 e. The van der Waals surface area contributed by atoms with Crippen LogP contribution in [-0.4, -0.2) is 51.8 Å². The van der Waals surface area contributed by atoms with Crippen LogP contribution in [0.3, 0.4) is 0 Å². The van der Waals surface area contributed by atoms with E-state index in [0.29, 0.717) is 10.1 Å². The predicted molar refractivity (Wildman–Crippen MR) is 97.5 cm³/mol. The number of piperazine rings is 1. The molecule has 0 bridgehead atoms. The first-order valence-corrected chi connectivity index (χ1v) is 14.1. The van der Waals surface area contributed by atoms with Crippen LogP contribution in [-0.2, 0) is 0 Å². The van der Waals surface area contributed by atoms with Crippen LogP contribution in [0.4, 0.5) is 0 Å². The highest BCUT2D eigenvalue weighted by molar-refractivity contribution is 6.78. The van der Waals surface area contributed by atoms with E-state index in [2.05, 4.69) is 76.9 Å². The van der Waals surface area contributed by atoms with Crippen molar-refractivity contribution in [2.24, 2.45) is 0 Å². The molecule has 1 rings (SSSR count). The van der Waals surface area contributed by atoms with Crippen molar-refractivity contribution in [3.63, 3.8) is 0 Å². The van der Waals surface area contributed by atoms with Gasteiger partial charge in [0.05, 0.1) is 0 Å². The first kappa shape index (κ1) is 18.4. The molecule has 0 N–H and O–H groups in total. The second-order valence-electron chi connectivity index (χ2n) is 9.59. The van der Waals surface area contributed by atoms with E-state index < -0.39 is 16.5 Å². The van der Waals surface area contributed by atoms with E-state index in [1.165, 1.54) is 26.2 Å². The van der Waals surface area contributed by atoms with Gasteiger partial charge in [-0.3, -0.25) is 0 Å². The Kier molecular flexibility index (Phi) is 5.08. The molecule has 0 unspecified atom stereocenters. The van der Waals surface area contributed by atoms with Gasteiger partial charge in [0.1, 0.15) is 16.5 Å². The normalized spacial score (nSPS) is 21.3. The molecule has 0 spiro atoms. The molecular weight excluding hydrogens is 276 g/mol. The third kappa shape index (κ3) is 3.39. The lowest BCUT2D eigenvalue weighted by Gasteiger charge is -2.54. The fourth-order valence-corrected chi connectivity index (χ4v) is 7.31. The summed E-state index contributed by atoms with van der Waals surface area (Å²) < 4.78 is 5.69. The van der Waals surface area contributed by atoms with E-state index in [1.54, 1.807) is 0 Å². The summed E-state index contributed by atoms with van der Waals surface area (Å²) in [4.78, 5) is 0. The summed E-state index contributed by atoms with van der Waals surface area (Å²) in [5.74, 6) is 0. The molecule has 0 atom stereocenters. The van der Waals surface area contributed by atoms with Crippen LogP contribution in [0.15, 0.2) is 0 Å². The summed E-state index contributed by atoms with van der Waals surface area (Å²) >= 11 is 0. The molecule has 20 heavy (non-hydrogen) atoms. The van der Waals surface area contributed by atoms with E-state index in [4.69, 9.17) is 0 Å². The first-order chi connectivity index (χ1) is 8.71. The second kappa shape index (κ2) is 5.52. The second-order valence-corrected chi connectivity index (χ2v) is 20.1. The quantitative estimate of drug-likeness (QED) is 0.687. The first-order valence-electron chi connectivity index (χ1n) is 8.21. The maximum atomic E-state index is 2.84. The van der Waals surface area contributed by atoms with E-state index >= 15 is 0 Å². The third-order valence-corrected chi connectivity index (χ3v) is 17.9. The van der Waals surface area contributed by atoms with Gasteiger partial charge in [-0.25, -0.2) is 0 Å². The highest BCUT2D eigenvalue weighted by Gasteiger charge is 2.46. The Morgan fingerprint density at radius 1 is 0.550 bits per heavy atom. The van der Waals surface area contributed by atoms with Gasteiger partial charge in [0, 0.05) is 26.2 Å². The molecular formula is C16H38N2Si2. The zero-order valence-electron chi connectivity index (χ0n) is 15.7. The van der Waals surface area contributed by atoms with Gasteiger partial charge in [-0.05, 0) is 10.1 Å². The van der Waals surface area contributed by atoms with Crippen molar-refractivity contribution in [3.8, 4) is 0 Å². The molecule has 0 saturated carbocycles. The van der Waals surface area contributed by atoms with Crippen molar-refractivity contribution in [2.75, 3.05) is 26.2 Å². The highest BCUT2D eigenvalue weighted by Crippen LogP contribution is 2.41. The van der Waals surface area contributed by atoms with Crippen LogP contribution in [0.25, 0.3) is 0 Å². The summed E-state index contributed by atoms with van der Waals surface area (Å²) in [6, 6.07) is 0. The lowest BCUT2D eigenvalue weighted by molar-refractivity contribution is 0.248. The number of nitrogens with zero attached hydrogens (tertiary/aromatic N) is 2. The summed E-state index contributed by atoms with van der Waals surface area (Å²) in [6.07, 6.45) is 0. The molecule has 1 aliphatic rings. The van der Waals surface area contributed by atoms with Gasteiger partial charge in [-0.1, -0.05) is 67.7 Å². The van der Waals surface area contributed by atoms with Crippen LogP contribution >= 0.6 is 0 Å². The SMILES string of the molecule is CC(C)(C)[Si](C)(C)N1CCN([Si](C)(C)C(C)(C)C)CC1. The Hall–Kier alpha value is 0.354. The van der Waals surface area contributed by atoms with E-state index in [1.807, 2.05) is 0 Å². The summed E-state index contributed by atoms with van der Waals surface area (Å²) in [7, 11) is -2.63. The van der Waals surface area contributed by atoms with Gasteiger partial charge in [0.25, 0.3) is 0 Å². The minimum Gasteiger partial charge on any atom is -0.321 e. The molecule has 0 aromatic heterocycles. The summed E-state index contributed by atoms with van der Waals surface area (Å²) in [5.41, 5.74) is 0. The molecule has 0 aliphatic carbocycles. The van der Waals surface area contributed by atoms with Crippen LogP contribution in [0.2, 0.25) is 36.3 Å². The van der Waals surface area contributed by atoms with Crippen molar-refractivity contribution >= 4 is 16.5 Å². The minimum atomic E-state index is -1.32. The summed E-state index contributed by atoms with van der Waals surface area (Å²) in [6.45, 7) is 29.9. The van der Waals surface area contributed by atoms with Crippen LogP contribution < -0.4 is 0 Å². The average molecular weight is 315 g/mol. The minimum absolute atomic E-state index is 0.464. The van der Waals surface area contributed by atoms with Crippen LogP contribution in [0, 0.1) is 0 Å². The number of hydrogen-bond donors (Lipinski definition) is 0. The van der Waals surface area contributed by atoms with E-state index in [9.17, 15) is 0 Å². The Labute approximate surface area is 130 Å². The lowest BCUT2D eigenvalue weighted by atomic mass is 10.2. The predicted octanol–water partition coefficient (Wildman–Crippen LogP) is 4.61. The summed E-state index contributed by atoms with van der Waals surface area (Å²) in [5, 5.41) is 0.929. The van der Waals surface area contributed by atoms with Crippen LogP contribution in [0.1, 0.15) is 41.5 Å². The van der Waals surface area contributed by atoms with Crippen molar-refractivity contribution < 1.29 is 0 Å². The highest BCUT2D eigenvalue weighted by atomic mass is 28.3. The Balaban J connectivity index is 2.75. The van der Waals surface area contributed by atoms with Crippen molar-refractivity contribution in [1.82, 2.24) is 9.13 Å². The fourth-order valence-electron chi connectivity index (χ4n) is 2.77. The van der Waals surface area contributed by atoms with Gasteiger partial charge >= 0.3 is 0 Å². The molecule has 0 aromatic rings. The average Bonchev–Trinajstić information content (AvgIpc) is 2.26. The van der Waals surface area contributed by atoms with Gasteiger partial charge in [-0.2, -0.15) is 0 Å². The zero-order chi connectivity index (χ0) is 16.0. The molecule has 2 nitrogen and oxygen atoms in total. The number of hydrogen-bond acceptors (Lipinski definition) is 2. The molecule has 4 heteroatoms. The van der Waals surface area contributed by atoms with Crippen molar-refractivity contribution in [2.45, 2.75) is 77.8 Å². The standard InChI is InChI=1S/C16H38N2Si2/c1-15(2,3)19(7,8)17-11-13-18(14-12-17)20(9,10)16(4,5)6/h11-14H2,1-10H3. The topological polar surface area (TPSA) is 6.48 Å². The molecule has 120 valence electrons. The molecule has 0 radical (unpaired) electrons. The third-order valence-electron chi connectivity index (χ3n) is 6.53. The maximum absolute atomic E-state index is 2.84. The van der Waals surface area contributed by atoms with Crippen molar-refractivity contribution in [1.29, 1.82) is 0 Å². The zero-order valence-corrected chi connectivity index (χ0v) is 17.7. The lowest BCUT2D eigenvalue weighted by Crippen LogP contribution is -2.66. The Morgan fingerprint density at radius 3 is 0.900 bits per heavy atom. The van der Waals surface area contributed by atoms with Gasteiger partial charge in [0.2, 0.25) is 0 Å². The van der Waals surface area contributed by atoms with Gasteiger partial charge in [-0.15, -0.1) is 0 Å². The molecule has 1 heterocycles. The van der Waals surface area contributed by atoms with E-state index in [-0.39, 0.29) is 0 Å². The largest absolute Gasteiger partial charge is 0.321 e. The molecule has 0 aromatic carbocycles. The van der Waals surface area contributed by atoms with E-state index in [0.717, 1.165) is 0 Å². The Bertz CT molecular complexity index is 295. The van der Waals surface area contributed by atoms with Crippen molar-refractivity contribution in [3.05, 3.63) is 0 Å².